The predicted octanol–water partition coefficient (Wildman–Crippen LogP) is 6.09. The Morgan fingerprint density at radius 2 is 1.55 bits per heavy atom. The molecule has 2 N–H and O–H groups in total. The number of oxime groups is 1. The minimum atomic E-state index is -0.561. The van der Waals surface area contributed by atoms with Crippen LogP contribution < -0.4 is 5.32 Å². The van der Waals surface area contributed by atoms with Crippen molar-refractivity contribution in [1.82, 2.24) is 0 Å². The van der Waals surface area contributed by atoms with E-state index in [4.69, 9.17) is 0 Å². The number of anilines is 1. The van der Waals surface area contributed by atoms with Crippen LogP contribution in [0.3, 0.4) is 0 Å². The molecule has 6 nitrogen and oxygen atoms in total. The van der Waals surface area contributed by atoms with Crippen LogP contribution in [-0.4, -0.2) is 16.8 Å². The fourth-order valence-corrected chi connectivity index (χ4v) is 5.01. The first-order chi connectivity index (χ1) is 13.8. The SMILES string of the molecule is CC12CCC(C(=O)Nc3ccc(N=Nc4ccccc4)cc3)(CC1=NO)C2(C)C. The largest absolute Gasteiger partial charge is 0.411 e. The van der Waals surface area contributed by atoms with Crippen molar-refractivity contribution in [3.8, 4) is 0 Å². The summed E-state index contributed by atoms with van der Waals surface area (Å²) in [4.78, 5) is 13.3. The Balaban J connectivity index is 1.50. The molecule has 0 aromatic heterocycles. The third-order valence-electron chi connectivity index (χ3n) is 7.45. The molecule has 29 heavy (non-hydrogen) atoms. The van der Waals surface area contributed by atoms with Crippen LogP contribution in [0.15, 0.2) is 70.0 Å². The summed E-state index contributed by atoms with van der Waals surface area (Å²) in [6.45, 7) is 6.34. The topological polar surface area (TPSA) is 86.4 Å². The van der Waals surface area contributed by atoms with Gasteiger partial charge in [0.15, 0.2) is 0 Å². The van der Waals surface area contributed by atoms with Crippen LogP contribution in [0.25, 0.3) is 0 Å². The van der Waals surface area contributed by atoms with Crippen molar-refractivity contribution in [2.75, 3.05) is 5.32 Å². The Morgan fingerprint density at radius 3 is 2.14 bits per heavy atom. The molecule has 2 aliphatic rings. The van der Waals surface area contributed by atoms with E-state index in [0.717, 1.165) is 29.9 Å². The van der Waals surface area contributed by atoms with E-state index in [9.17, 15) is 10.0 Å². The van der Waals surface area contributed by atoms with Gasteiger partial charge in [-0.3, -0.25) is 4.79 Å². The third-order valence-corrected chi connectivity index (χ3v) is 7.45. The number of carbonyl (C=O) groups excluding carboxylic acids is 1. The van der Waals surface area contributed by atoms with E-state index < -0.39 is 5.41 Å². The van der Waals surface area contributed by atoms with E-state index >= 15 is 0 Å². The summed E-state index contributed by atoms with van der Waals surface area (Å²) in [6, 6.07) is 16.9. The summed E-state index contributed by atoms with van der Waals surface area (Å²) in [5.41, 5.74) is 1.88. The zero-order valence-electron chi connectivity index (χ0n) is 17.0. The van der Waals surface area contributed by atoms with Gasteiger partial charge in [0, 0.05) is 17.5 Å². The average Bonchev–Trinajstić information content (AvgIpc) is 3.04. The summed E-state index contributed by atoms with van der Waals surface area (Å²) in [7, 11) is 0. The van der Waals surface area contributed by atoms with E-state index in [1.54, 1.807) is 0 Å². The van der Waals surface area contributed by atoms with Crippen molar-refractivity contribution in [1.29, 1.82) is 0 Å². The number of nitrogens with zero attached hydrogens (tertiary/aromatic N) is 3. The zero-order chi connectivity index (χ0) is 20.7. The van der Waals surface area contributed by atoms with Crippen LogP contribution in [0.1, 0.15) is 40.0 Å². The molecule has 2 unspecified atom stereocenters. The van der Waals surface area contributed by atoms with Crippen molar-refractivity contribution in [2.24, 2.45) is 31.6 Å². The highest BCUT2D eigenvalue weighted by Crippen LogP contribution is 2.71. The van der Waals surface area contributed by atoms with Gasteiger partial charge in [-0.25, -0.2) is 0 Å². The number of fused-ring (bicyclic) bond motifs is 2. The van der Waals surface area contributed by atoms with Gasteiger partial charge in [0.2, 0.25) is 5.91 Å². The van der Waals surface area contributed by atoms with Gasteiger partial charge in [-0.2, -0.15) is 10.2 Å². The van der Waals surface area contributed by atoms with Crippen molar-refractivity contribution in [2.45, 2.75) is 40.0 Å². The van der Waals surface area contributed by atoms with Gasteiger partial charge in [-0.15, -0.1) is 0 Å². The van der Waals surface area contributed by atoms with Crippen LogP contribution in [0, 0.1) is 16.2 Å². The van der Waals surface area contributed by atoms with Gasteiger partial charge in [0.1, 0.15) is 0 Å². The predicted molar refractivity (Wildman–Crippen MR) is 113 cm³/mol. The summed E-state index contributed by atoms with van der Waals surface area (Å²) in [6.07, 6.45) is 2.15. The molecular weight excluding hydrogens is 364 g/mol. The number of rotatable bonds is 4. The van der Waals surface area contributed by atoms with Crippen molar-refractivity contribution < 1.29 is 10.0 Å². The minimum absolute atomic E-state index is 0.0106. The van der Waals surface area contributed by atoms with Crippen LogP contribution in [0.5, 0.6) is 0 Å². The third kappa shape index (κ3) is 2.85. The number of amides is 1. The molecule has 150 valence electrons. The fraction of sp³-hybridized carbons (Fsp3) is 0.391. The number of azo groups is 1. The summed E-state index contributed by atoms with van der Waals surface area (Å²) in [5, 5.41) is 24.5. The number of carbonyl (C=O) groups is 1. The van der Waals surface area contributed by atoms with E-state index in [-0.39, 0.29) is 16.7 Å². The second-order valence-electron chi connectivity index (χ2n) is 8.80. The number of benzene rings is 2. The molecule has 0 spiro atoms. The standard InChI is InChI=1S/C23H26N4O2/c1-21(2)22(3)13-14-23(21,15-19(22)27-29)20(28)24-16-9-11-18(12-10-16)26-25-17-7-5-4-6-8-17/h4-12,29H,13-15H2,1-3H3,(H,24,28). The Hall–Kier alpha value is -3.02. The van der Waals surface area contributed by atoms with E-state index in [1.807, 2.05) is 54.6 Å². The smallest absolute Gasteiger partial charge is 0.231 e. The lowest BCUT2D eigenvalue weighted by Crippen LogP contribution is -2.43. The molecule has 2 aromatic rings. The maximum Gasteiger partial charge on any atom is 0.231 e. The molecule has 2 saturated carbocycles. The molecule has 0 radical (unpaired) electrons. The fourth-order valence-electron chi connectivity index (χ4n) is 5.01. The molecule has 2 fully saturated rings. The van der Waals surface area contributed by atoms with Crippen molar-refractivity contribution in [3.63, 3.8) is 0 Å². The number of nitrogens with one attached hydrogen (secondary N) is 1. The van der Waals surface area contributed by atoms with Gasteiger partial charge in [0.05, 0.1) is 22.5 Å². The Kier molecular flexibility index (Phi) is 4.52. The first kappa shape index (κ1) is 19.3. The number of hydrogen-bond donors (Lipinski definition) is 2. The van der Waals surface area contributed by atoms with Gasteiger partial charge in [0.25, 0.3) is 0 Å². The summed E-state index contributed by atoms with van der Waals surface area (Å²) < 4.78 is 0. The normalized spacial score (nSPS) is 28.9. The second-order valence-corrected chi connectivity index (χ2v) is 8.80. The van der Waals surface area contributed by atoms with Crippen molar-refractivity contribution in [3.05, 3.63) is 54.6 Å². The van der Waals surface area contributed by atoms with E-state index in [1.165, 1.54) is 0 Å². The average molecular weight is 390 g/mol. The second kappa shape index (κ2) is 6.79. The molecule has 1 amide bonds. The molecule has 2 bridgehead atoms. The molecular formula is C23H26N4O2. The van der Waals surface area contributed by atoms with Gasteiger partial charge in [-0.1, -0.05) is 44.1 Å². The molecule has 0 heterocycles. The highest BCUT2D eigenvalue weighted by Gasteiger charge is 2.71. The van der Waals surface area contributed by atoms with Crippen LogP contribution >= 0.6 is 0 Å². The minimum Gasteiger partial charge on any atom is -0.411 e. The molecule has 2 aromatic carbocycles. The molecule has 6 heteroatoms. The van der Waals surface area contributed by atoms with Crippen LogP contribution in [0.2, 0.25) is 0 Å². The summed E-state index contributed by atoms with van der Waals surface area (Å²) >= 11 is 0. The first-order valence-electron chi connectivity index (χ1n) is 9.92. The lowest BCUT2D eigenvalue weighted by atomic mass is 9.64. The highest BCUT2D eigenvalue weighted by atomic mass is 16.4. The lowest BCUT2D eigenvalue weighted by molar-refractivity contribution is -0.130. The molecule has 4 rings (SSSR count). The van der Waals surface area contributed by atoms with Gasteiger partial charge < -0.3 is 10.5 Å². The van der Waals surface area contributed by atoms with Gasteiger partial charge >= 0.3 is 0 Å². The lowest BCUT2D eigenvalue weighted by Gasteiger charge is -2.39. The van der Waals surface area contributed by atoms with Gasteiger partial charge in [-0.05, 0) is 54.7 Å². The quantitative estimate of drug-likeness (QED) is 0.376. The number of hydrogen-bond acceptors (Lipinski definition) is 5. The Bertz CT molecular complexity index is 982. The van der Waals surface area contributed by atoms with Crippen LogP contribution in [-0.2, 0) is 4.79 Å². The zero-order valence-corrected chi connectivity index (χ0v) is 17.0. The van der Waals surface area contributed by atoms with Crippen molar-refractivity contribution >= 4 is 28.7 Å². The monoisotopic (exact) mass is 390 g/mol. The highest BCUT2D eigenvalue weighted by molar-refractivity contribution is 6.06. The molecule has 0 aliphatic heterocycles. The first-order valence-corrected chi connectivity index (χ1v) is 9.92. The maximum absolute atomic E-state index is 13.3. The van der Waals surface area contributed by atoms with Crippen LogP contribution in [0.4, 0.5) is 17.1 Å². The summed E-state index contributed by atoms with van der Waals surface area (Å²) in [5.74, 6) is -0.0106. The van der Waals surface area contributed by atoms with E-state index in [0.29, 0.717) is 12.1 Å². The Morgan fingerprint density at radius 1 is 0.931 bits per heavy atom. The van der Waals surface area contributed by atoms with E-state index in [2.05, 4.69) is 41.5 Å². The maximum atomic E-state index is 13.3. The Labute approximate surface area is 170 Å². The molecule has 2 aliphatic carbocycles. The molecule has 0 saturated heterocycles. The molecule has 2 atom stereocenters.